The zero-order valence-electron chi connectivity index (χ0n) is 14.0. The van der Waals surface area contributed by atoms with Crippen molar-refractivity contribution in [3.63, 3.8) is 0 Å². The maximum absolute atomic E-state index is 13.0. The first kappa shape index (κ1) is 19.7. The molecular formula is C18H16ClF2NO4. The molecule has 2 aromatic carbocycles. The molecule has 0 saturated carbocycles. The van der Waals surface area contributed by atoms with Crippen LogP contribution in [0, 0.1) is 11.6 Å². The summed E-state index contributed by atoms with van der Waals surface area (Å²) in [4.78, 5) is 24.1. The largest absolute Gasteiger partial charge is 0.479 e. The molecule has 0 aliphatic heterocycles. The van der Waals surface area contributed by atoms with Gasteiger partial charge in [-0.3, -0.25) is 4.79 Å². The fraction of sp³-hybridized carbons (Fsp3) is 0.222. The summed E-state index contributed by atoms with van der Waals surface area (Å²) >= 11 is 5.83. The third-order valence-corrected chi connectivity index (χ3v) is 3.62. The van der Waals surface area contributed by atoms with Crippen LogP contribution in [0.5, 0.6) is 5.75 Å². The van der Waals surface area contributed by atoms with Crippen molar-refractivity contribution < 1.29 is 27.8 Å². The number of hydrogen-bond acceptors (Lipinski definition) is 4. The van der Waals surface area contributed by atoms with Crippen LogP contribution in [0.15, 0.2) is 42.5 Å². The number of nitrogens with one attached hydrogen (secondary N) is 1. The fourth-order valence-electron chi connectivity index (χ4n) is 1.91. The van der Waals surface area contributed by atoms with Crippen LogP contribution in [0.25, 0.3) is 0 Å². The van der Waals surface area contributed by atoms with Crippen LogP contribution in [0.1, 0.15) is 13.8 Å². The zero-order chi connectivity index (χ0) is 19.3. The second-order valence-electron chi connectivity index (χ2n) is 5.41. The SMILES string of the molecule is C[C@H](OC(=O)[C@H](C)Oc1ccc(F)cc1)C(=O)Nc1ccc(F)cc1Cl. The van der Waals surface area contributed by atoms with Crippen molar-refractivity contribution in [3.8, 4) is 5.75 Å². The van der Waals surface area contributed by atoms with Gasteiger partial charge in [0.25, 0.3) is 5.91 Å². The van der Waals surface area contributed by atoms with Gasteiger partial charge in [-0.1, -0.05) is 11.6 Å². The average molecular weight is 384 g/mol. The smallest absolute Gasteiger partial charge is 0.347 e. The Bertz CT molecular complexity index is 798. The normalized spacial score (nSPS) is 12.8. The van der Waals surface area contributed by atoms with E-state index in [0.717, 1.165) is 12.1 Å². The lowest BCUT2D eigenvalue weighted by Crippen LogP contribution is -2.35. The molecule has 0 spiro atoms. The molecule has 0 aromatic heterocycles. The molecule has 2 atom stereocenters. The summed E-state index contributed by atoms with van der Waals surface area (Å²) in [5.74, 6) is -2.11. The van der Waals surface area contributed by atoms with Crippen LogP contribution in [0.2, 0.25) is 5.02 Å². The molecule has 0 bridgehead atoms. The summed E-state index contributed by atoms with van der Waals surface area (Å²) in [5.41, 5.74) is 0.191. The lowest BCUT2D eigenvalue weighted by molar-refractivity contribution is -0.159. The van der Waals surface area contributed by atoms with Crippen LogP contribution in [-0.2, 0) is 14.3 Å². The van der Waals surface area contributed by atoms with Gasteiger partial charge in [-0.05, 0) is 56.3 Å². The third-order valence-electron chi connectivity index (χ3n) is 3.31. The van der Waals surface area contributed by atoms with E-state index in [0.29, 0.717) is 0 Å². The standard InChI is InChI=1S/C18H16ClF2NO4/c1-10(17(23)22-16-8-5-13(21)9-15(16)19)26-18(24)11(2)25-14-6-3-12(20)4-7-14/h3-11H,1-2H3,(H,22,23)/t10-,11-/m0/s1. The predicted octanol–water partition coefficient (Wildman–Crippen LogP) is 3.96. The van der Waals surface area contributed by atoms with Crippen molar-refractivity contribution >= 4 is 29.2 Å². The summed E-state index contributed by atoms with van der Waals surface area (Å²) in [7, 11) is 0. The number of halogens is 3. The summed E-state index contributed by atoms with van der Waals surface area (Å²) in [6.07, 6.45) is -2.15. The van der Waals surface area contributed by atoms with Crippen molar-refractivity contribution in [1.82, 2.24) is 0 Å². The number of anilines is 1. The molecule has 26 heavy (non-hydrogen) atoms. The number of carbonyl (C=O) groups is 2. The zero-order valence-corrected chi connectivity index (χ0v) is 14.7. The van der Waals surface area contributed by atoms with Crippen molar-refractivity contribution in [3.05, 3.63) is 59.1 Å². The Balaban J connectivity index is 1.90. The topological polar surface area (TPSA) is 64.6 Å². The van der Waals surface area contributed by atoms with Gasteiger partial charge in [-0.2, -0.15) is 0 Å². The van der Waals surface area contributed by atoms with Crippen LogP contribution >= 0.6 is 11.6 Å². The minimum absolute atomic E-state index is 0.0184. The average Bonchev–Trinajstić information content (AvgIpc) is 2.59. The van der Waals surface area contributed by atoms with E-state index in [1.807, 2.05) is 0 Å². The molecule has 0 aliphatic carbocycles. The molecule has 0 heterocycles. The van der Waals surface area contributed by atoms with Gasteiger partial charge in [0.15, 0.2) is 12.2 Å². The molecule has 2 aromatic rings. The lowest BCUT2D eigenvalue weighted by Gasteiger charge is -2.18. The highest BCUT2D eigenvalue weighted by Gasteiger charge is 2.23. The van der Waals surface area contributed by atoms with Crippen LogP contribution < -0.4 is 10.1 Å². The molecular weight excluding hydrogens is 368 g/mol. The van der Waals surface area contributed by atoms with E-state index in [1.165, 1.54) is 44.2 Å². The van der Waals surface area contributed by atoms with Gasteiger partial charge in [0.2, 0.25) is 0 Å². The minimum atomic E-state index is -1.14. The van der Waals surface area contributed by atoms with Gasteiger partial charge >= 0.3 is 5.97 Å². The molecule has 2 rings (SSSR count). The van der Waals surface area contributed by atoms with E-state index in [9.17, 15) is 18.4 Å². The maximum Gasteiger partial charge on any atom is 0.347 e. The molecule has 8 heteroatoms. The van der Waals surface area contributed by atoms with E-state index >= 15 is 0 Å². The predicted molar refractivity (Wildman–Crippen MR) is 92.1 cm³/mol. The number of benzene rings is 2. The van der Waals surface area contributed by atoms with E-state index in [4.69, 9.17) is 21.1 Å². The first-order chi connectivity index (χ1) is 12.3. The Morgan fingerprint density at radius 3 is 2.23 bits per heavy atom. The Hall–Kier alpha value is -2.67. The highest BCUT2D eigenvalue weighted by Crippen LogP contribution is 2.22. The Morgan fingerprint density at radius 2 is 1.62 bits per heavy atom. The Labute approximate surface area is 153 Å². The number of rotatable bonds is 6. The Kier molecular flexibility index (Phi) is 6.52. The Morgan fingerprint density at radius 1 is 1.00 bits per heavy atom. The van der Waals surface area contributed by atoms with Crippen molar-refractivity contribution in [2.75, 3.05) is 5.32 Å². The highest BCUT2D eigenvalue weighted by atomic mass is 35.5. The molecule has 0 saturated heterocycles. The lowest BCUT2D eigenvalue weighted by atomic mass is 10.3. The van der Waals surface area contributed by atoms with Gasteiger partial charge in [-0.25, -0.2) is 13.6 Å². The van der Waals surface area contributed by atoms with E-state index in [1.54, 1.807) is 0 Å². The molecule has 0 radical (unpaired) electrons. The second-order valence-corrected chi connectivity index (χ2v) is 5.81. The van der Waals surface area contributed by atoms with Crippen LogP contribution in [0.3, 0.4) is 0 Å². The molecule has 0 fully saturated rings. The monoisotopic (exact) mass is 383 g/mol. The van der Waals surface area contributed by atoms with E-state index in [-0.39, 0.29) is 16.5 Å². The number of esters is 1. The highest BCUT2D eigenvalue weighted by molar-refractivity contribution is 6.33. The molecule has 0 aliphatic rings. The van der Waals surface area contributed by atoms with Gasteiger partial charge < -0.3 is 14.8 Å². The first-order valence-electron chi connectivity index (χ1n) is 7.65. The summed E-state index contributed by atoms with van der Waals surface area (Å²) in [6, 6.07) is 8.59. The van der Waals surface area contributed by atoms with E-state index < -0.39 is 35.7 Å². The summed E-state index contributed by atoms with van der Waals surface area (Å²) < 4.78 is 36.2. The summed E-state index contributed by atoms with van der Waals surface area (Å²) in [5, 5.41) is 2.46. The van der Waals surface area contributed by atoms with Crippen LogP contribution in [0.4, 0.5) is 14.5 Å². The van der Waals surface area contributed by atoms with Gasteiger partial charge in [0.05, 0.1) is 10.7 Å². The van der Waals surface area contributed by atoms with Crippen molar-refractivity contribution in [2.24, 2.45) is 0 Å². The maximum atomic E-state index is 13.0. The van der Waals surface area contributed by atoms with Crippen molar-refractivity contribution in [1.29, 1.82) is 0 Å². The number of amides is 1. The van der Waals surface area contributed by atoms with Gasteiger partial charge in [0, 0.05) is 0 Å². The minimum Gasteiger partial charge on any atom is -0.479 e. The number of hydrogen-bond donors (Lipinski definition) is 1. The van der Waals surface area contributed by atoms with Gasteiger partial charge in [0.1, 0.15) is 17.4 Å². The summed E-state index contributed by atoms with van der Waals surface area (Å²) in [6.45, 7) is 2.81. The fourth-order valence-corrected chi connectivity index (χ4v) is 2.13. The molecule has 5 nitrogen and oxygen atoms in total. The molecule has 138 valence electrons. The first-order valence-corrected chi connectivity index (χ1v) is 8.02. The van der Waals surface area contributed by atoms with Gasteiger partial charge in [-0.15, -0.1) is 0 Å². The quantitative estimate of drug-likeness (QED) is 0.767. The molecule has 1 amide bonds. The van der Waals surface area contributed by atoms with E-state index in [2.05, 4.69) is 5.32 Å². The number of ether oxygens (including phenoxy) is 2. The number of carbonyl (C=O) groups excluding carboxylic acids is 2. The molecule has 1 N–H and O–H groups in total. The second kappa shape index (κ2) is 8.62. The van der Waals surface area contributed by atoms with Crippen molar-refractivity contribution in [2.45, 2.75) is 26.1 Å². The third kappa shape index (κ3) is 5.42. The van der Waals surface area contributed by atoms with Crippen LogP contribution in [-0.4, -0.2) is 24.1 Å². The molecule has 0 unspecified atom stereocenters.